The lowest BCUT2D eigenvalue weighted by atomic mass is 9.76. The third-order valence-electron chi connectivity index (χ3n) is 5.20. The highest BCUT2D eigenvalue weighted by Gasteiger charge is 2.33. The number of rotatable bonds is 3. The van der Waals surface area contributed by atoms with Crippen LogP contribution >= 0.6 is 0 Å². The average molecular weight is 319 g/mol. The zero-order valence-corrected chi connectivity index (χ0v) is 14.0. The first-order valence-electron chi connectivity index (χ1n) is 8.50. The average Bonchev–Trinajstić information content (AvgIpc) is 2.50. The van der Waals surface area contributed by atoms with E-state index in [1.165, 1.54) is 6.07 Å². The molecule has 1 aliphatic heterocycles. The van der Waals surface area contributed by atoms with E-state index in [1.54, 1.807) is 12.1 Å². The quantitative estimate of drug-likeness (QED) is 0.930. The predicted molar refractivity (Wildman–Crippen MR) is 89.0 cm³/mol. The molecule has 2 fully saturated rings. The molecule has 1 aromatic carbocycles. The van der Waals surface area contributed by atoms with Crippen molar-refractivity contribution in [2.75, 3.05) is 27.2 Å². The molecule has 3 rings (SSSR count). The number of carbonyl (C=O) groups is 1. The lowest BCUT2D eigenvalue weighted by Crippen LogP contribution is -2.54. The second-order valence-corrected chi connectivity index (χ2v) is 7.08. The highest BCUT2D eigenvalue weighted by atomic mass is 19.1. The molecule has 1 atom stereocenters. The Morgan fingerprint density at radius 3 is 2.83 bits per heavy atom. The third-order valence-corrected chi connectivity index (χ3v) is 5.20. The van der Waals surface area contributed by atoms with Gasteiger partial charge in [0.2, 0.25) is 0 Å². The Kier molecular flexibility index (Phi) is 4.85. The maximum absolute atomic E-state index is 13.3. The topological polar surface area (TPSA) is 35.6 Å². The molecule has 1 N–H and O–H groups in total. The lowest BCUT2D eigenvalue weighted by molar-refractivity contribution is 0.133. The maximum Gasteiger partial charge on any atom is 0.317 e. The van der Waals surface area contributed by atoms with E-state index in [2.05, 4.69) is 24.3 Å². The minimum absolute atomic E-state index is 0.0549. The molecule has 1 heterocycles. The molecular formula is C18H26FN3O. The normalized spacial score (nSPS) is 27.7. The molecule has 5 heteroatoms. The summed E-state index contributed by atoms with van der Waals surface area (Å²) in [6, 6.07) is 7.53. The third kappa shape index (κ3) is 3.83. The Morgan fingerprint density at radius 2 is 2.13 bits per heavy atom. The van der Waals surface area contributed by atoms with Gasteiger partial charge < -0.3 is 15.1 Å². The van der Waals surface area contributed by atoms with Crippen LogP contribution in [-0.4, -0.2) is 55.1 Å². The highest BCUT2D eigenvalue weighted by Crippen LogP contribution is 2.37. The van der Waals surface area contributed by atoms with Gasteiger partial charge in [0, 0.05) is 25.2 Å². The van der Waals surface area contributed by atoms with Crippen LogP contribution in [0.2, 0.25) is 0 Å². The Bertz CT molecular complexity index is 557. The maximum atomic E-state index is 13.3. The molecule has 23 heavy (non-hydrogen) atoms. The number of hydrogen-bond acceptors (Lipinski definition) is 2. The molecule has 2 amide bonds. The summed E-state index contributed by atoms with van der Waals surface area (Å²) in [5.74, 6) is 0.185. The van der Waals surface area contributed by atoms with Gasteiger partial charge in [-0.2, -0.15) is 0 Å². The number of piperidine rings is 1. The van der Waals surface area contributed by atoms with Crippen LogP contribution in [-0.2, 0) is 0 Å². The molecule has 0 aromatic heterocycles. The Morgan fingerprint density at radius 1 is 1.35 bits per heavy atom. The largest absolute Gasteiger partial charge is 0.335 e. The molecule has 0 radical (unpaired) electrons. The van der Waals surface area contributed by atoms with Crippen LogP contribution in [0.4, 0.5) is 9.18 Å². The first kappa shape index (κ1) is 16.2. The minimum Gasteiger partial charge on any atom is -0.335 e. The summed E-state index contributed by atoms with van der Waals surface area (Å²) in [4.78, 5) is 16.5. The van der Waals surface area contributed by atoms with Gasteiger partial charge in [-0.1, -0.05) is 12.1 Å². The van der Waals surface area contributed by atoms with Gasteiger partial charge in [0.1, 0.15) is 5.82 Å². The van der Waals surface area contributed by atoms with Crippen LogP contribution in [0.3, 0.4) is 0 Å². The number of nitrogens with zero attached hydrogens (tertiary/aromatic N) is 2. The van der Waals surface area contributed by atoms with E-state index in [1.807, 2.05) is 11.0 Å². The summed E-state index contributed by atoms with van der Waals surface area (Å²) < 4.78 is 13.3. The fraction of sp³-hybridized carbons (Fsp3) is 0.611. The van der Waals surface area contributed by atoms with Gasteiger partial charge >= 0.3 is 6.03 Å². The molecule has 0 spiro atoms. The number of carbonyl (C=O) groups excluding carboxylic acids is 1. The number of hydrogen-bond donors (Lipinski definition) is 1. The van der Waals surface area contributed by atoms with Crippen molar-refractivity contribution < 1.29 is 9.18 Å². The van der Waals surface area contributed by atoms with Gasteiger partial charge in [0.15, 0.2) is 0 Å². The molecular weight excluding hydrogens is 293 g/mol. The van der Waals surface area contributed by atoms with Crippen molar-refractivity contribution in [3.05, 3.63) is 35.6 Å². The number of halogens is 1. The van der Waals surface area contributed by atoms with E-state index in [-0.39, 0.29) is 17.9 Å². The van der Waals surface area contributed by atoms with E-state index in [0.717, 1.165) is 44.3 Å². The number of amides is 2. The van der Waals surface area contributed by atoms with Crippen molar-refractivity contribution in [1.82, 2.24) is 15.1 Å². The second kappa shape index (κ2) is 6.87. The van der Waals surface area contributed by atoms with Crippen molar-refractivity contribution in [2.45, 2.75) is 43.7 Å². The monoisotopic (exact) mass is 319 g/mol. The second-order valence-electron chi connectivity index (χ2n) is 7.08. The fourth-order valence-electron chi connectivity index (χ4n) is 3.59. The molecule has 1 saturated heterocycles. The molecule has 4 nitrogen and oxygen atoms in total. The predicted octanol–water partition coefficient (Wildman–Crippen LogP) is 2.81. The lowest BCUT2D eigenvalue weighted by Gasteiger charge is -2.40. The molecule has 126 valence electrons. The van der Waals surface area contributed by atoms with E-state index in [4.69, 9.17) is 0 Å². The smallest absolute Gasteiger partial charge is 0.317 e. The van der Waals surface area contributed by atoms with Gasteiger partial charge in [-0.3, -0.25) is 0 Å². The van der Waals surface area contributed by atoms with E-state index in [9.17, 15) is 9.18 Å². The minimum atomic E-state index is -0.182. The van der Waals surface area contributed by atoms with Gasteiger partial charge in [0.25, 0.3) is 0 Å². The summed E-state index contributed by atoms with van der Waals surface area (Å²) in [5, 5.41) is 3.13. The molecule has 1 aliphatic carbocycles. The van der Waals surface area contributed by atoms with Crippen LogP contribution in [0.15, 0.2) is 24.3 Å². The SMILES string of the molecule is CN(C)C1CCCN(C(=O)NC2CC(c3cccc(F)c3)C2)C1. The van der Waals surface area contributed by atoms with E-state index < -0.39 is 0 Å². The van der Waals surface area contributed by atoms with Gasteiger partial charge in [-0.15, -0.1) is 0 Å². The molecule has 1 saturated carbocycles. The van der Waals surface area contributed by atoms with Crippen molar-refractivity contribution in [3.8, 4) is 0 Å². The summed E-state index contributed by atoms with van der Waals surface area (Å²) in [7, 11) is 4.14. The fourth-order valence-corrected chi connectivity index (χ4v) is 3.59. The zero-order valence-electron chi connectivity index (χ0n) is 14.0. The van der Waals surface area contributed by atoms with Gasteiger partial charge in [-0.05, 0) is 63.4 Å². The molecule has 2 aliphatic rings. The number of benzene rings is 1. The van der Waals surface area contributed by atoms with Crippen molar-refractivity contribution in [2.24, 2.45) is 0 Å². The van der Waals surface area contributed by atoms with Crippen molar-refractivity contribution in [3.63, 3.8) is 0 Å². The Labute approximate surface area is 137 Å². The highest BCUT2D eigenvalue weighted by molar-refractivity contribution is 5.74. The standard InChI is InChI=1S/C18H26FN3O/c1-21(2)17-7-4-8-22(12-17)18(23)20-16-10-14(11-16)13-5-3-6-15(19)9-13/h3,5-6,9,14,16-17H,4,7-8,10-12H2,1-2H3,(H,20,23). The van der Waals surface area contributed by atoms with Crippen LogP contribution < -0.4 is 5.32 Å². The first-order valence-corrected chi connectivity index (χ1v) is 8.50. The summed E-state index contributed by atoms with van der Waals surface area (Å²) in [5.41, 5.74) is 1.04. The number of nitrogens with one attached hydrogen (secondary N) is 1. The van der Waals surface area contributed by atoms with E-state index >= 15 is 0 Å². The van der Waals surface area contributed by atoms with Crippen LogP contribution in [0.25, 0.3) is 0 Å². The van der Waals surface area contributed by atoms with Crippen LogP contribution in [0.1, 0.15) is 37.2 Å². The van der Waals surface area contributed by atoms with Crippen molar-refractivity contribution in [1.29, 1.82) is 0 Å². The summed E-state index contributed by atoms with van der Waals surface area (Å²) in [6.07, 6.45) is 4.02. The Hall–Kier alpha value is -1.62. The molecule has 1 unspecified atom stereocenters. The Balaban J connectivity index is 1.47. The van der Waals surface area contributed by atoms with E-state index in [0.29, 0.717) is 12.0 Å². The first-order chi connectivity index (χ1) is 11.0. The zero-order chi connectivity index (χ0) is 16.4. The molecule has 0 bridgehead atoms. The number of likely N-dealkylation sites (tertiary alicyclic amines) is 1. The van der Waals surface area contributed by atoms with Crippen LogP contribution in [0.5, 0.6) is 0 Å². The van der Waals surface area contributed by atoms with Gasteiger partial charge in [0.05, 0.1) is 0 Å². The molecule has 1 aromatic rings. The number of likely N-dealkylation sites (N-methyl/N-ethyl adjacent to an activating group) is 1. The van der Waals surface area contributed by atoms with Gasteiger partial charge in [-0.25, -0.2) is 9.18 Å². The van der Waals surface area contributed by atoms with Crippen LogP contribution in [0, 0.1) is 5.82 Å². The van der Waals surface area contributed by atoms with Crippen molar-refractivity contribution >= 4 is 6.03 Å². The summed E-state index contributed by atoms with van der Waals surface area (Å²) >= 11 is 0. The number of urea groups is 1. The summed E-state index contributed by atoms with van der Waals surface area (Å²) in [6.45, 7) is 1.65.